The number of hydrogen-bond donors (Lipinski definition) is 2. The van der Waals surface area contributed by atoms with E-state index in [2.05, 4.69) is 36.6 Å². The third-order valence-corrected chi connectivity index (χ3v) is 6.11. The topological polar surface area (TPSA) is 81.4 Å². The fourth-order valence-electron chi connectivity index (χ4n) is 2.16. The summed E-state index contributed by atoms with van der Waals surface area (Å²) < 4.78 is 34.1. The van der Waals surface area contributed by atoms with Crippen LogP contribution < -0.4 is 10.5 Å². The van der Waals surface area contributed by atoms with Gasteiger partial charge in [0.15, 0.2) is 0 Å². The first kappa shape index (κ1) is 16.2. The number of anilines is 1. The standard InChI is InChI=1S/C12H16Br2N2O3S/c1-12(3-2-4-19-12)7-16-20(17,18)11-9(14)5-8(13)6-10(11)15/h5-6,16H,2-4,7,15H2,1H3. The van der Waals surface area contributed by atoms with Crippen LogP contribution in [0.25, 0.3) is 0 Å². The van der Waals surface area contributed by atoms with Gasteiger partial charge in [0.05, 0.1) is 11.3 Å². The highest BCUT2D eigenvalue weighted by Crippen LogP contribution is 2.32. The third-order valence-electron chi connectivity index (χ3n) is 3.24. The van der Waals surface area contributed by atoms with E-state index >= 15 is 0 Å². The van der Waals surface area contributed by atoms with Gasteiger partial charge in [0.2, 0.25) is 10.0 Å². The second kappa shape index (κ2) is 5.92. The van der Waals surface area contributed by atoms with Gasteiger partial charge in [-0.1, -0.05) is 15.9 Å². The minimum absolute atomic E-state index is 0.0577. The zero-order valence-electron chi connectivity index (χ0n) is 10.9. The zero-order valence-corrected chi connectivity index (χ0v) is 14.9. The Morgan fingerprint density at radius 1 is 1.45 bits per heavy atom. The molecule has 1 saturated heterocycles. The second-order valence-corrected chi connectivity index (χ2v) is 8.51. The van der Waals surface area contributed by atoms with Crippen molar-refractivity contribution < 1.29 is 13.2 Å². The predicted octanol–water partition coefficient (Wildman–Crippen LogP) is 2.64. The number of sulfonamides is 1. The van der Waals surface area contributed by atoms with Gasteiger partial charge in [0.25, 0.3) is 0 Å². The van der Waals surface area contributed by atoms with Crippen LogP contribution in [0.5, 0.6) is 0 Å². The van der Waals surface area contributed by atoms with Crippen molar-refractivity contribution in [3.8, 4) is 0 Å². The molecule has 0 radical (unpaired) electrons. The summed E-state index contributed by atoms with van der Waals surface area (Å²) in [6, 6.07) is 3.21. The second-order valence-electron chi connectivity index (χ2n) is 5.03. The molecule has 1 aromatic rings. The zero-order chi connectivity index (χ0) is 15.0. The molecular weight excluding hydrogens is 412 g/mol. The summed E-state index contributed by atoms with van der Waals surface area (Å²) in [6.07, 6.45) is 1.79. The highest BCUT2D eigenvalue weighted by atomic mass is 79.9. The Bertz CT molecular complexity index is 590. The molecule has 0 aliphatic carbocycles. The van der Waals surface area contributed by atoms with Crippen molar-refractivity contribution in [2.24, 2.45) is 0 Å². The molecule has 1 heterocycles. The first-order valence-electron chi connectivity index (χ1n) is 6.12. The van der Waals surface area contributed by atoms with Crippen LogP contribution in [0.2, 0.25) is 0 Å². The quantitative estimate of drug-likeness (QED) is 0.723. The average Bonchev–Trinajstić information content (AvgIpc) is 2.73. The Labute approximate surface area is 135 Å². The maximum atomic E-state index is 12.4. The number of nitrogens with one attached hydrogen (secondary N) is 1. The number of hydrogen-bond acceptors (Lipinski definition) is 4. The lowest BCUT2D eigenvalue weighted by atomic mass is 10.0. The van der Waals surface area contributed by atoms with E-state index in [9.17, 15) is 8.42 Å². The molecule has 5 nitrogen and oxygen atoms in total. The minimum Gasteiger partial charge on any atom is -0.398 e. The molecule has 1 aliphatic rings. The van der Waals surface area contributed by atoms with Gasteiger partial charge < -0.3 is 10.5 Å². The van der Waals surface area contributed by atoms with Crippen molar-refractivity contribution in [3.63, 3.8) is 0 Å². The molecule has 1 aromatic carbocycles. The Kier molecular flexibility index (Phi) is 4.80. The molecule has 0 spiro atoms. The molecular formula is C12H16Br2N2O3S. The van der Waals surface area contributed by atoms with E-state index in [1.807, 2.05) is 6.92 Å². The number of halogens is 2. The van der Waals surface area contributed by atoms with E-state index < -0.39 is 15.6 Å². The van der Waals surface area contributed by atoms with Crippen LogP contribution in [0, 0.1) is 0 Å². The van der Waals surface area contributed by atoms with E-state index in [0.717, 1.165) is 12.8 Å². The molecule has 112 valence electrons. The van der Waals surface area contributed by atoms with Crippen LogP contribution in [0.15, 0.2) is 26.0 Å². The SMILES string of the molecule is CC1(CNS(=O)(=O)c2c(N)cc(Br)cc2Br)CCCO1. The molecule has 2 rings (SSSR count). The molecule has 0 amide bonds. The van der Waals surface area contributed by atoms with Crippen molar-refractivity contribution in [3.05, 3.63) is 21.1 Å². The minimum atomic E-state index is -3.69. The van der Waals surface area contributed by atoms with Gasteiger partial charge in [-0.25, -0.2) is 13.1 Å². The number of nitrogen functional groups attached to an aromatic ring is 1. The summed E-state index contributed by atoms with van der Waals surface area (Å²) in [5.74, 6) is 0. The molecule has 1 unspecified atom stereocenters. The monoisotopic (exact) mass is 426 g/mol. The summed E-state index contributed by atoms with van der Waals surface area (Å²) in [5, 5.41) is 0. The average molecular weight is 428 g/mol. The Morgan fingerprint density at radius 3 is 2.70 bits per heavy atom. The van der Waals surface area contributed by atoms with Crippen LogP contribution in [0.3, 0.4) is 0 Å². The van der Waals surface area contributed by atoms with E-state index in [4.69, 9.17) is 10.5 Å². The van der Waals surface area contributed by atoms with Crippen LogP contribution >= 0.6 is 31.9 Å². The van der Waals surface area contributed by atoms with Gasteiger partial charge in [-0.15, -0.1) is 0 Å². The normalized spacial score (nSPS) is 23.1. The van der Waals surface area contributed by atoms with E-state index in [0.29, 0.717) is 15.6 Å². The summed E-state index contributed by atoms with van der Waals surface area (Å²) in [4.78, 5) is 0.0577. The molecule has 0 bridgehead atoms. The number of nitrogens with two attached hydrogens (primary N) is 1. The van der Waals surface area contributed by atoms with Crippen LogP contribution in [-0.2, 0) is 14.8 Å². The fraction of sp³-hybridized carbons (Fsp3) is 0.500. The van der Waals surface area contributed by atoms with Gasteiger partial charge in [-0.2, -0.15) is 0 Å². The van der Waals surface area contributed by atoms with Gasteiger partial charge in [0.1, 0.15) is 4.90 Å². The van der Waals surface area contributed by atoms with Crippen molar-refractivity contribution >= 4 is 47.6 Å². The lowest BCUT2D eigenvalue weighted by molar-refractivity contribution is 0.0250. The van der Waals surface area contributed by atoms with Gasteiger partial charge in [-0.3, -0.25) is 0 Å². The molecule has 8 heteroatoms. The summed E-state index contributed by atoms with van der Waals surface area (Å²) in [6.45, 7) is 2.81. The van der Waals surface area contributed by atoms with Crippen LogP contribution in [0.4, 0.5) is 5.69 Å². The molecule has 1 aliphatic heterocycles. The fourth-order valence-corrected chi connectivity index (χ4v) is 5.38. The van der Waals surface area contributed by atoms with Crippen molar-refractivity contribution in [2.45, 2.75) is 30.3 Å². The largest absolute Gasteiger partial charge is 0.398 e. The molecule has 1 atom stereocenters. The molecule has 1 fully saturated rings. The van der Waals surface area contributed by atoms with E-state index in [1.165, 1.54) is 0 Å². The lowest BCUT2D eigenvalue weighted by Crippen LogP contribution is -2.40. The van der Waals surface area contributed by atoms with Gasteiger partial charge in [-0.05, 0) is 47.8 Å². The summed E-state index contributed by atoms with van der Waals surface area (Å²) in [7, 11) is -3.69. The Balaban J connectivity index is 2.23. The molecule has 20 heavy (non-hydrogen) atoms. The van der Waals surface area contributed by atoms with E-state index in [-0.39, 0.29) is 17.1 Å². The highest BCUT2D eigenvalue weighted by molar-refractivity contribution is 9.11. The van der Waals surface area contributed by atoms with Crippen molar-refractivity contribution in [1.82, 2.24) is 4.72 Å². The number of benzene rings is 1. The summed E-state index contributed by atoms with van der Waals surface area (Å²) >= 11 is 6.51. The van der Waals surface area contributed by atoms with Gasteiger partial charge in [0, 0.05) is 22.1 Å². The highest BCUT2D eigenvalue weighted by Gasteiger charge is 2.32. The third kappa shape index (κ3) is 3.54. The maximum absolute atomic E-state index is 12.4. The predicted molar refractivity (Wildman–Crippen MR) is 85.0 cm³/mol. The molecule has 0 saturated carbocycles. The number of ether oxygens (including phenoxy) is 1. The number of rotatable bonds is 4. The lowest BCUT2D eigenvalue weighted by Gasteiger charge is -2.23. The Morgan fingerprint density at radius 2 is 2.15 bits per heavy atom. The molecule has 3 N–H and O–H groups in total. The maximum Gasteiger partial charge on any atom is 0.243 e. The van der Waals surface area contributed by atoms with Crippen LogP contribution in [-0.4, -0.2) is 27.2 Å². The van der Waals surface area contributed by atoms with E-state index in [1.54, 1.807) is 12.1 Å². The smallest absolute Gasteiger partial charge is 0.243 e. The first-order chi connectivity index (χ1) is 9.23. The van der Waals surface area contributed by atoms with Crippen molar-refractivity contribution in [2.75, 3.05) is 18.9 Å². The first-order valence-corrected chi connectivity index (χ1v) is 9.19. The Hall–Kier alpha value is -0.150. The van der Waals surface area contributed by atoms with Gasteiger partial charge >= 0.3 is 0 Å². The van der Waals surface area contributed by atoms with Crippen molar-refractivity contribution in [1.29, 1.82) is 0 Å². The van der Waals surface area contributed by atoms with Crippen LogP contribution in [0.1, 0.15) is 19.8 Å². The summed E-state index contributed by atoms with van der Waals surface area (Å²) in [5.41, 5.74) is 5.56. The molecule has 0 aromatic heterocycles.